The number of ketones is 2. The first-order valence-corrected chi connectivity index (χ1v) is 8.59. The van der Waals surface area contributed by atoms with Crippen molar-refractivity contribution in [1.29, 1.82) is 0 Å². The van der Waals surface area contributed by atoms with Crippen LogP contribution in [0.2, 0.25) is 0 Å². The molecule has 26 heavy (non-hydrogen) atoms. The standard InChI is InChI=1S/C23H20O3/c1-3-22(24)18-5-4-6-19(15-18)23(25)17-9-13-21(14-10-17)26-20-11-7-16(2)8-12-20/h4-15H,3H2,1-2H3. The lowest BCUT2D eigenvalue weighted by Crippen LogP contribution is -2.04. The summed E-state index contributed by atoms with van der Waals surface area (Å²) in [6.45, 7) is 3.83. The molecule has 0 spiro atoms. The third-order valence-electron chi connectivity index (χ3n) is 4.14. The van der Waals surface area contributed by atoms with Gasteiger partial charge in [0.1, 0.15) is 11.5 Å². The van der Waals surface area contributed by atoms with E-state index in [-0.39, 0.29) is 11.6 Å². The van der Waals surface area contributed by atoms with Gasteiger partial charge in [0.05, 0.1) is 0 Å². The van der Waals surface area contributed by atoms with Crippen LogP contribution in [0.15, 0.2) is 72.8 Å². The summed E-state index contributed by atoms with van der Waals surface area (Å²) in [6, 6.07) is 21.7. The summed E-state index contributed by atoms with van der Waals surface area (Å²) in [6.07, 6.45) is 0.419. The van der Waals surface area contributed by atoms with Gasteiger partial charge in [0.2, 0.25) is 0 Å². The molecule has 3 heteroatoms. The highest BCUT2D eigenvalue weighted by Gasteiger charge is 2.12. The number of hydrogen-bond donors (Lipinski definition) is 0. The molecule has 130 valence electrons. The number of carbonyl (C=O) groups is 2. The number of carbonyl (C=O) groups excluding carboxylic acids is 2. The first-order valence-electron chi connectivity index (χ1n) is 8.59. The van der Waals surface area contributed by atoms with E-state index in [4.69, 9.17) is 4.74 Å². The highest BCUT2D eigenvalue weighted by Crippen LogP contribution is 2.23. The third kappa shape index (κ3) is 4.06. The molecule has 0 N–H and O–H groups in total. The van der Waals surface area contributed by atoms with E-state index in [1.54, 1.807) is 48.5 Å². The van der Waals surface area contributed by atoms with Crippen LogP contribution in [0.3, 0.4) is 0 Å². The molecule has 0 aromatic heterocycles. The molecule has 0 unspecified atom stereocenters. The van der Waals surface area contributed by atoms with Gasteiger partial charge >= 0.3 is 0 Å². The number of hydrogen-bond acceptors (Lipinski definition) is 3. The van der Waals surface area contributed by atoms with E-state index >= 15 is 0 Å². The molecule has 0 radical (unpaired) electrons. The third-order valence-corrected chi connectivity index (χ3v) is 4.14. The summed E-state index contributed by atoms with van der Waals surface area (Å²) >= 11 is 0. The topological polar surface area (TPSA) is 43.4 Å². The molecular formula is C23H20O3. The Morgan fingerprint density at radius 3 is 1.96 bits per heavy atom. The molecule has 3 aromatic rings. The second-order valence-electron chi connectivity index (χ2n) is 6.13. The second kappa shape index (κ2) is 7.79. The predicted molar refractivity (Wildman–Crippen MR) is 102 cm³/mol. The molecule has 0 aliphatic rings. The van der Waals surface area contributed by atoms with Gasteiger partial charge in [0.15, 0.2) is 11.6 Å². The fraction of sp³-hybridized carbons (Fsp3) is 0.130. The summed E-state index contributed by atoms with van der Waals surface area (Å²) in [5.74, 6) is 1.33. The molecule has 0 aliphatic heterocycles. The molecule has 0 amide bonds. The quantitative estimate of drug-likeness (QED) is 0.546. The fourth-order valence-electron chi connectivity index (χ4n) is 2.62. The van der Waals surface area contributed by atoms with Crippen molar-refractivity contribution >= 4 is 11.6 Å². The minimum atomic E-state index is -0.113. The predicted octanol–water partition coefficient (Wildman–Crippen LogP) is 5.61. The molecule has 0 atom stereocenters. The van der Waals surface area contributed by atoms with Crippen molar-refractivity contribution in [2.24, 2.45) is 0 Å². The van der Waals surface area contributed by atoms with E-state index in [9.17, 15) is 9.59 Å². The van der Waals surface area contributed by atoms with Crippen LogP contribution in [0, 0.1) is 6.92 Å². The van der Waals surface area contributed by atoms with E-state index in [1.165, 1.54) is 5.56 Å². The van der Waals surface area contributed by atoms with Gasteiger partial charge in [-0.3, -0.25) is 9.59 Å². The molecule has 0 heterocycles. The zero-order valence-electron chi connectivity index (χ0n) is 14.9. The Kier molecular flexibility index (Phi) is 5.28. The van der Waals surface area contributed by atoms with E-state index in [0.29, 0.717) is 28.9 Å². The van der Waals surface area contributed by atoms with Crippen molar-refractivity contribution in [1.82, 2.24) is 0 Å². The van der Waals surface area contributed by atoms with Crippen LogP contribution in [0.4, 0.5) is 0 Å². The van der Waals surface area contributed by atoms with Gasteiger partial charge in [0, 0.05) is 23.1 Å². The minimum absolute atomic E-state index is 0.0292. The van der Waals surface area contributed by atoms with Crippen molar-refractivity contribution < 1.29 is 14.3 Å². The fourth-order valence-corrected chi connectivity index (χ4v) is 2.62. The molecule has 0 bridgehead atoms. The highest BCUT2D eigenvalue weighted by atomic mass is 16.5. The molecule has 3 aromatic carbocycles. The van der Waals surface area contributed by atoms with Crippen molar-refractivity contribution in [2.45, 2.75) is 20.3 Å². The van der Waals surface area contributed by atoms with Gasteiger partial charge in [0.25, 0.3) is 0 Å². The second-order valence-corrected chi connectivity index (χ2v) is 6.13. The molecule has 0 saturated carbocycles. The molecule has 0 fully saturated rings. The maximum atomic E-state index is 12.7. The Labute approximate surface area is 153 Å². The van der Waals surface area contributed by atoms with Crippen molar-refractivity contribution in [3.05, 3.63) is 95.1 Å². The number of Topliss-reactive ketones (excluding diaryl/α,β-unsaturated/α-hetero) is 1. The summed E-state index contributed by atoms with van der Waals surface area (Å²) in [5, 5.41) is 0. The largest absolute Gasteiger partial charge is 0.457 e. The lowest BCUT2D eigenvalue weighted by molar-refractivity contribution is 0.0988. The summed E-state index contributed by atoms with van der Waals surface area (Å²) in [5.41, 5.74) is 2.80. The van der Waals surface area contributed by atoms with Crippen molar-refractivity contribution in [3.8, 4) is 11.5 Å². The van der Waals surface area contributed by atoms with Gasteiger partial charge in [-0.15, -0.1) is 0 Å². The summed E-state index contributed by atoms with van der Waals surface area (Å²) in [7, 11) is 0. The van der Waals surface area contributed by atoms with Gasteiger partial charge in [-0.2, -0.15) is 0 Å². The normalized spacial score (nSPS) is 10.4. The minimum Gasteiger partial charge on any atom is -0.457 e. The first kappa shape index (κ1) is 17.6. The van der Waals surface area contributed by atoms with Gasteiger partial charge in [-0.05, 0) is 49.4 Å². The average molecular weight is 344 g/mol. The summed E-state index contributed by atoms with van der Waals surface area (Å²) in [4.78, 5) is 24.5. The first-order chi connectivity index (χ1) is 12.6. The van der Waals surface area contributed by atoms with Crippen LogP contribution >= 0.6 is 0 Å². The van der Waals surface area contributed by atoms with Crippen molar-refractivity contribution in [2.75, 3.05) is 0 Å². The van der Waals surface area contributed by atoms with Crippen LogP contribution in [0.25, 0.3) is 0 Å². The van der Waals surface area contributed by atoms with Crippen LogP contribution in [0.1, 0.15) is 45.2 Å². The highest BCUT2D eigenvalue weighted by molar-refractivity contribution is 6.10. The Balaban J connectivity index is 1.76. The lowest BCUT2D eigenvalue weighted by atomic mass is 9.99. The van der Waals surface area contributed by atoms with E-state index in [0.717, 1.165) is 5.75 Å². The monoisotopic (exact) mass is 344 g/mol. The molecule has 3 rings (SSSR count). The average Bonchev–Trinajstić information content (AvgIpc) is 2.69. The maximum absolute atomic E-state index is 12.7. The molecule has 0 aliphatic carbocycles. The smallest absolute Gasteiger partial charge is 0.193 e. The molecule has 0 saturated heterocycles. The summed E-state index contributed by atoms with van der Waals surface area (Å²) < 4.78 is 5.78. The maximum Gasteiger partial charge on any atom is 0.193 e. The van der Waals surface area contributed by atoms with Crippen molar-refractivity contribution in [3.63, 3.8) is 0 Å². The zero-order valence-corrected chi connectivity index (χ0v) is 14.9. The Morgan fingerprint density at radius 2 is 1.35 bits per heavy atom. The number of aryl methyl sites for hydroxylation is 1. The Morgan fingerprint density at radius 1 is 0.769 bits per heavy atom. The van der Waals surface area contributed by atoms with Crippen LogP contribution in [-0.2, 0) is 0 Å². The molecule has 3 nitrogen and oxygen atoms in total. The van der Waals surface area contributed by atoms with Gasteiger partial charge in [-0.1, -0.05) is 42.8 Å². The number of ether oxygens (including phenoxy) is 1. The van der Waals surface area contributed by atoms with E-state index in [2.05, 4.69) is 0 Å². The van der Waals surface area contributed by atoms with Gasteiger partial charge in [-0.25, -0.2) is 0 Å². The molecular weight excluding hydrogens is 324 g/mol. The van der Waals surface area contributed by atoms with Crippen LogP contribution < -0.4 is 4.74 Å². The Hall–Kier alpha value is -3.20. The Bertz CT molecular complexity index is 922. The zero-order chi connectivity index (χ0) is 18.5. The van der Waals surface area contributed by atoms with E-state index in [1.807, 2.05) is 38.1 Å². The SMILES string of the molecule is CCC(=O)c1cccc(C(=O)c2ccc(Oc3ccc(C)cc3)cc2)c1. The lowest BCUT2D eigenvalue weighted by Gasteiger charge is -2.07. The van der Waals surface area contributed by atoms with E-state index < -0.39 is 0 Å². The number of rotatable bonds is 6. The van der Waals surface area contributed by atoms with Crippen LogP contribution in [-0.4, -0.2) is 11.6 Å². The number of benzene rings is 3. The van der Waals surface area contributed by atoms with Crippen LogP contribution in [0.5, 0.6) is 11.5 Å². The van der Waals surface area contributed by atoms with Gasteiger partial charge < -0.3 is 4.74 Å².